The number of benzene rings is 1. The molecule has 1 unspecified atom stereocenters. The highest BCUT2D eigenvalue weighted by Crippen LogP contribution is 2.18. The highest BCUT2D eigenvalue weighted by Gasteiger charge is 2.20. The van der Waals surface area contributed by atoms with Gasteiger partial charge in [-0.05, 0) is 37.8 Å². The van der Waals surface area contributed by atoms with Crippen LogP contribution in [0.15, 0.2) is 30.3 Å². The second kappa shape index (κ2) is 10.3. The molecule has 134 valence electrons. The molecule has 5 heteroatoms. The number of hydrogen-bond acceptors (Lipinski definition) is 3. The normalized spacial score (nSPS) is 17.4. The maximum atomic E-state index is 12.2. The highest BCUT2D eigenvalue weighted by atomic mass is 16.3. The molecule has 3 N–H and O–H groups in total. The van der Waals surface area contributed by atoms with Gasteiger partial charge in [0, 0.05) is 38.2 Å². The van der Waals surface area contributed by atoms with Crippen molar-refractivity contribution in [1.82, 2.24) is 15.5 Å². The molecule has 5 nitrogen and oxygen atoms in total. The zero-order chi connectivity index (χ0) is 17.2. The van der Waals surface area contributed by atoms with Crippen molar-refractivity contribution in [3.05, 3.63) is 35.9 Å². The Morgan fingerprint density at radius 2 is 2.00 bits per heavy atom. The summed E-state index contributed by atoms with van der Waals surface area (Å²) in [5.41, 5.74) is 1.15. The first-order valence-corrected chi connectivity index (χ1v) is 9.15. The van der Waals surface area contributed by atoms with Gasteiger partial charge in [-0.15, -0.1) is 0 Å². The maximum absolute atomic E-state index is 12.2. The van der Waals surface area contributed by atoms with Crippen molar-refractivity contribution in [2.45, 2.75) is 44.6 Å². The molecular formula is C19H31N3O2. The Kier molecular flexibility index (Phi) is 8.05. The summed E-state index contributed by atoms with van der Waals surface area (Å²) in [4.78, 5) is 14.6. The van der Waals surface area contributed by atoms with Gasteiger partial charge in [0.15, 0.2) is 0 Å². The lowest BCUT2D eigenvalue weighted by Gasteiger charge is -2.32. The Hall–Kier alpha value is -1.59. The molecule has 0 bridgehead atoms. The molecule has 0 saturated carbocycles. The van der Waals surface area contributed by atoms with Crippen molar-refractivity contribution < 1.29 is 9.90 Å². The van der Waals surface area contributed by atoms with E-state index in [0.717, 1.165) is 38.0 Å². The SMILES string of the molecule is CCCN1CCC(NC(=O)NCC(CCO)c2ccccc2)CC1. The van der Waals surface area contributed by atoms with E-state index in [1.54, 1.807) is 0 Å². The van der Waals surface area contributed by atoms with E-state index >= 15 is 0 Å². The number of urea groups is 1. The zero-order valence-electron chi connectivity index (χ0n) is 14.7. The van der Waals surface area contributed by atoms with Gasteiger partial charge in [-0.25, -0.2) is 4.79 Å². The Morgan fingerprint density at radius 1 is 1.29 bits per heavy atom. The van der Waals surface area contributed by atoms with Gasteiger partial charge in [0.25, 0.3) is 0 Å². The summed E-state index contributed by atoms with van der Waals surface area (Å²) in [6.45, 7) is 6.15. The number of carbonyl (C=O) groups is 1. The summed E-state index contributed by atoms with van der Waals surface area (Å²) >= 11 is 0. The van der Waals surface area contributed by atoms with E-state index in [0.29, 0.717) is 13.0 Å². The fraction of sp³-hybridized carbons (Fsp3) is 0.632. The first kappa shape index (κ1) is 18.7. The van der Waals surface area contributed by atoms with Crippen molar-refractivity contribution in [3.8, 4) is 0 Å². The highest BCUT2D eigenvalue weighted by molar-refractivity contribution is 5.74. The molecule has 1 fully saturated rings. The summed E-state index contributed by atoms with van der Waals surface area (Å²) < 4.78 is 0. The van der Waals surface area contributed by atoms with Crippen LogP contribution in [0.5, 0.6) is 0 Å². The van der Waals surface area contributed by atoms with E-state index < -0.39 is 0 Å². The number of aliphatic hydroxyl groups excluding tert-OH is 1. The molecule has 0 aliphatic carbocycles. The molecule has 2 amide bonds. The van der Waals surface area contributed by atoms with E-state index in [1.807, 2.05) is 30.3 Å². The number of nitrogens with zero attached hydrogens (tertiary/aromatic N) is 1. The van der Waals surface area contributed by atoms with Crippen LogP contribution < -0.4 is 10.6 Å². The fourth-order valence-electron chi connectivity index (χ4n) is 3.34. The van der Waals surface area contributed by atoms with E-state index in [9.17, 15) is 9.90 Å². The van der Waals surface area contributed by atoms with Crippen LogP contribution in [0, 0.1) is 0 Å². The van der Waals surface area contributed by atoms with Gasteiger partial charge in [0.2, 0.25) is 0 Å². The number of carbonyl (C=O) groups excluding carboxylic acids is 1. The lowest BCUT2D eigenvalue weighted by atomic mass is 9.96. The fourth-order valence-corrected chi connectivity index (χ4v) is 3.34. The number of aliphatic hydroxyl groups is 1. The summed E-state index contributed by atoms with van der Waals surface area (Å²) in [5.74, 6) is 0.147. The van der Waals surface area contributed by atoms with E-state index in [1.165, 1.54) is 6.42 Å². The quantitative estimate of drug-likeness (QED) is 0.684. The minimum atomic E-state index is -0.0946. The maximum Gasteiger partial charge on any atom is 0.315 e. The monoisotopic (exact) mass is 333 g/mol. The van der Waals surface area contributed by atoms with Gasteiger partial charge in [0.05, 0.1) is 0 Å². The molecule has 1 aromatic carbocycles. The molecule has 0 spiro atoms. The zero-order valence-corrected chi connectivity index (χ0v) is 14.7. The van der Waals surface area contributed by atoms with Crippen LogP contribution in [0.4, 0.5) is 4.79 Å². The number of piperidine rings is 1. The van der Waals surface area contributed by atoms with Crippen LogP contribution in [0.1, 0.15) is 44.1 Å². The number of likely N-dealkylation sites (tertiary alicyclic amines) is 1. The summed E-state index contributed by atoms with van der Waals surface area (Å²) in [6.07, 6.45) is 3.88. The average molecular weight is 333 g/mol. The van der Waals surface area contributed by atoms with Crippen molar-refractivity contribution in [2.75, 3.05) is 32.8 Å². The van der Waals surface area contributed by atoms with Gasteiger partial charge >= 0.3 is 6.03 Å². The van der Waals surface area contributed by atoms with Gasteiger partial charge in [-0.1, -0.05) is 37.3 Å². The average Bonchev–Trinajstić information content (AvgIpc) is 2.61. The van der Waals surface area contributed by atoms with Crippen LogP contribution in [0.3, 0.4) is 0 Å². The topological polar surface area (TPSA) is 64.6 Å². The Labute approximate surface area is 145 Å². The van der Waals surface area contributed by atoms with Crippen molar-refractivity contribution >= 4 is 6.03 Å². The second-order valence-electron chi connectivity index (χ2n) is 6.59. The molecule has 1 aliphatic rings. The molecule has 1 atom stereocenters. The molecule has 24 heavy (non-hydrogen) atoms. The number of rotatable bonds is 8. The van der Waals surface area contributed by atoms with Crippen LogP contribution in [0.25, 0.3) is 0 Å². The van der Waals surface area contributed by atoms with Crippen molar-refractivity contribution in [2.24, 2.45) is 0 Å². The molecule has 0 radical (unpaired) electrons. The van der Waals surface area contributed by atoms with Gasteiger partial charge in [0.1, 0.15) is 0 Å². The van der Waals surface area contributed by atoms with E-state index in [4.69, 9.17) is 0 Å². The minimum absolute atomic E-state index is 0.0946. The minimum Gasteiger partial charge on any atom is -0.396 e. The Morgan fingerprint density at radius 3 is 2.62 bits per heavy atom. The van der Waals surface area contributed by atoms with Crippen LogP contribution >= 0.6 is 0 Å². The number of nitrogens with one attached hydrogen (secondary N) is 2. The molecule has 1 aliphatic heterocycles. The van der Waals surface area contributed by atoms with Crippen molar-refractivity contribution in [3.63, 3.8) is 0 Å². The predicted molar refractivity (Wildman–Crippen MR) is 97.2 cm³/mol. The predicted octanol–water partition coefficient (Wildman–Crippen LogP) is 2.33. The van der Waals surface area contributed by atoms with Gasteiger partial charge < -0.3 is 20.6 Å². The van der Waals surface area contributed by atoms with Gasteiger partial charge in [-0.3, -0.25) is 0 Å². The first-order chi connectivity index (χ1) is 11.7. The first-order valence-electron chi connectivity index (χ1n) is 9.15. The number of hydrogen-bond donors (Lipinski definition) is 3. The number of amides is 2. The van der Waals surface area contributed by atoms with Crippen molar-refractivity contribution in [1.29, 1.82) is 0 Å². The summed E-state index contributed by atoms with van der Waals surface area (Å²) in [6, 6.07) is 10.2. The van der Waals surface area contributed by atoms with Crippen LogP contribution in [0.2, 0.25) is 0 Å². The smallest absolute Gasteiger partial charge is 0.315 e. The standard InChI is InChI=1S/C19H31N3O2/c1-2-11-22-12-8-18(9-13-22)21-19(24)20-15-17(10-14-23)16-6-4-3-5-7-16/h3-7,17-18,23H,2,8-15H2,1H3,(H2,20,21,24). The molecule has 1 saturated heterocycles. The van der Waals surface area contributed by atoms with E-state index in [2.05, 4.69) is 22.5 Å². The largest absolute Gasteiger partial charge is 0.396 e. The Bertz CT molecular complexity index is 473. The lowest BCUT2D eigenvalue weighted by Crippen LogP contribution is -2.48. The third-order valence-corrected chi connectivity index (χ3v) is 4.72. The summed E-state index contributed by atoms with van der Waals surface area (Å²) in [7, 11) is 0. The molecule has 2 rings (SSSR count). The third-order valence-electron chi connectivity index (χ3n) is 4.72. The van der Waals surface area contributed by atoms with E-state index in [-0.39, 0.29) is 24.6 Å². The molecule has 1 aromatic rings. The summed E-state index contributed by atoms with van der Waals surface area (Å²) in [5, 5.41) is 15.3. The van der Waals surface area contributed by atoms with Crippen LogP contribution in [-0.2, 0) is 0 Å². The second-order valence-corrected chi connectivity index (χ2v) is 6.59. The molecular weight excluding hydrogens is 302 g/mol. The third kappa shape index (κ3) is 6.13. The van der Waals surface area contributed by atoms with Gasteiger partial charge in [-0.2, -0.15) is 0 Å². The molecule has 1 heterocycles. The Balaban J connectivity index is 1.73. The lowest BCUT2D eigenvalue weighted by molar-refractivity contribution is 0.192. The van der Waals surface area contributed by atoms with Crippen LogP contribution in [-0.4, -0.2) is 54.9 Å². The molecule has 0 aromatic heterocycles.